The third-order valence-corrected chi connectivity index (χ3v) is 4.12. The minimum absolute atomic E-state index is 0.202. The van der Waals surface area contributed by atoms with Gasteiger partial charge < -0.3 is 10.2 Å². The van der Waals surface area contributed by atoms with Gasteiger partial charge in [-0.2, -0.15) is 0 Å². The molecule has 0 saturated carbocycles. The Morgan fingerprint density at radius 2 is 1.76 bits per heavy atom. The van der Waals surface area contributed by atoms with Crippen LogP contribution in [0.4, 0.5) is 0 Å². The Hall–Kier alpha value is -1.35. The zero-order valence-electron chi connectivity index (χ0n) is 13.6. The molecule has 2 rings (SSSR count). The Labute approximate surface area is 128 Å². The summed E-state index contributed by atoms with van der Waals surface area (Å²) in [6, 6.07) is 8.75. The molecule has 1 heterocycles. The molecule has 1 aromatic rings. The summed E-state index contributed by atoms with van der Waals surface area (Å²) in [6.45, 7) is 10.2. The molecular weight excluding hydrogens is 260 g/mol. The highest BCUT2D eigenvalue weighted by Gasteiger charge is 2.17. The number of rotatable bonds is 5. The van der Waals surface area contributed by atoms with Crippen molar-refractivity contribution < 1.29 is 4.79 Å². The normalized spacial score (nSPS) is 15.5. The molecule has 0 radical (unpaired) electrons. The van der Waals surface area contributed by atoms with Gasteiger partial charge in [0.15, 0.2) is 0 Å². The van der Waals surface area contributed by atoms with Crippen molar-refractivity contribution in [3.8, 4) is 0 Å². The quantitative estimate of drug-likeness (QED) is 0.845. The zero-order valence-corrected chi connectivity index (χ0v) is 13.6. The van der Waals surface area contributed by atoms with Crippen LogP contribution >= 0.6 is 0 Å². The predicted molar refractivity (Wildman–Crippen MR) is 87.3 cm³/mol. The molecule has 1 saturated heterocycles. The molecule has 0 aromatic heterocycles. The number of nitrogens with zero attached hydrogens (tertiary/aromatic N) is 1. The molecule has 1 fully saturated rings. The standard InChI is InChI=1S/C18H28N2O/c1-18(2,3)16-8-6-15(7-9-16)14-19-11-10-17(21)20-12-4-5-13-20/h6-9,19H,4-5,10-14H2,1-3H3. The van der Waals surface area contributed by atoms with Crippen LogP contribution in [0.15, 0.2) is 24.3 Å². The van der Waals surface area contributed by atoms with Gasteiger partial charge in [-0.15, -0.1) is 0 Å². The first-order valence-corrected chi connectivity index (χ1v) is 8.05. The highest BCUT2D eigenvalue weighted by atomic mass is 16.2. The van der Waals surface area contributed by atoms with E-state index in [9.17, 15) is 4.79 Å². The van der Waals surface area contributed by atoms with E-state index in [2.05, 4.69) is 50.4 Å². The fourth-order valence-corrected chi connectivity index (χ4v) is 2.68. The van der Waals surface area contributed by atoms with Gasteiger partial charge in [-0.1, -0.05) is 45.0 Å². The van der Waals surface area contributed by atoms with Gasteiger partial charge in [0, 0.05) is 32.6 Å². The van der Waals surface area contributed by atoms with Gasteiger partial charge in [-0.25, -0.2) is 0 Å². The maximum Gasteiger partial charge on any atom is 0.223 e. The van der Waals surface area contributed by atoms with Crippen LogP contribution in [0.1, 0.15) is 51.2 Å². The average Bonchev–Trinajstić information content (AvgIpc) is 2.97. The average molecular weight is 288 g/mol. The molecule has 0 spiro atoms. The summed E-state index contributed by atoms with van der Waals surface area (Å²) in [6.07, 6.45) is 2.94. The van der Waals surface area contributed by atoms with Crippen molar-refractivity contribution in [2.75, 3.05) is 19.6 Å². The summed E-state index contributed by atoms with van der Waals surface area (Å²) >= 11 is 0. The molecule has 1 N–H and O–H groups in total. The zero-order chi connectivity index (χ0) is 15.3. The van der Waals surface area contributed by atoms with E-state index in [0.717, 1.165) is 26.2 Å². The van der Waals surface area contributed by atoms with Gasteiger partial charge in [-0.05, 0) is 29.4 Å². The van der Waals surface area contributed by atoms with Crippen molar-refractivity contribution in [2.24, 2.45) is 0 Å². The number of nitrogens with one attached hydrogen (secondary N) is 1. The van der Waals surface area contributed by atoms with Gasteiger partial charge in [0.1, 0.15) is 0 Å². The summed E-state index contributed by atoms with van der Waals surface area (Å²) < 4.78 is 0. The predicted octanol–water partition coefficient (Wildman–Crippen LogP) is 3.09. The fraction of sp³-hybridized carbons (Fsp3) is 0.611. The second-order valence-corrected chi connectivity index (χ2v) is 6.96. The SMILES string of the molecule is CC(C)(C)c1ccc(CNCCC(=O)N2CCCC2)cc1. The number of benzene rings is 1. The number of carbonyl (C=O) groups is 1. The van der Waals surface area contributed by atoms with E-state index in [1.54, 1.807) is 0 Å². The Morgan fingerprint density at radius 3 is 2.33 bits per heavy atom. The molecule has 0 unspecified atom stereocenters. The lowest BCUT2D eigenvalue weighted by Gasteiger charge is -2.19. The van der Waals surface area contributed by atoms with Crippen LogP contribution in [0, 0.1) is 0 Å². The van der Waals surface area contributed by atoms with Crippen molar-refractivity contribution in [3.63, 3.8) is 0 Å². The lowest BCUT2D eigenvalue weighted by Crippen LogP contribution is -2.30. The molecule has 0 bridgehead atoms. The van der Waals surface area contributed by atoms with Crippen LogP contribution in [0.25, 0.3) is 0 Å². The first kappa shape index (κ1) is 16.0. The van der Waals surface area contributed by atoms with Gasteiger partial charge in [-0.3, -0.25) is 4.79 Å². The molecule has 1 aromatic carbocycles. The number of carbonyl (C=O) groups excluding carboxylic acids is 1. The molecule has 0 atom stereocenters. The number of likely N-dealkylation sites (tertiary alicyclic amines) is 1. The third kappa shape index (κ3) is 4.85. The third-order valence-electron chi connectivity index (χ3n) is 4.12. The number of hydrogen-bond acceptors (Lipinski definition) is 2. The van der Waals surface area contributed by atoms with Crippen molar-refractivity contribution in [1.29, 1.82) is 0 Å². The molecule has 1 amide bonds. The second-order valence-electron chi connectivity index (χ2n) is 6.96. The first-order valence-electron chi connectivity index (χ1n) is 8.05. The van der Waals surface area contributed by atoms with Crippen LogP contribution in [-0.4, -0.2) is 30.4 Å². The van der Waals surface area contributed by atoms with Gasteiger partial charge >= 0.3 is 0 Å². The van der Waals surface area contributed by atoms with Crippen molar-refractivity contribution in [3.05, 3.63) is 35.4 Å². The van der Waals surface area contributed by atoms with E-state index in [-0.39, 0.29) is 5.41 Å². The van der Waals surface area contributed by atoms with Gasteiger partial charge in [0.05, 0.1) is 0 Å². The van der Waals surface area contributed by atoms with Crippen LogP contribution < -0.4 is 5.32 Å². The summed E-state index contributed by atoms with van der Waals surface area (Å²) in [5.74, 6) is 0.295. The summed E-state index contributed by atoms with van der Waals surface area (Å²) in [4.78, 5) is 13.9. The minimum atomic E-state index is 0.202. The number of hydrogen-bond donors (Lipinski definition) is 1. The smallest absolute Gasteiger partial charge is 0.223 e. The van der Waals surface area contributed by atoms with Crippen molar-refractivity contribution in [1.82, 2.24) is 10.2 Å². The summed E-state index contributed by atoms with van der Waals surface area (Å²) in [5.41, 5.74) is 2.83. The van der Waals surface area contributed by atoms with Crippen LogP contribution in [0.3, 0.4) is 0 Å². The largest absolute Gasteiger partial charge is 0.343 e. The Balaban J connectivity index is 1.70. The number of amides is 1. The van der Waals surface area contributed by atoms with Gasteiger partial charge in [0.25, 0.3) is 0 Å². The molecule has 3 heteroatoms. The van der Waals surface area contributed by atoms with Crippen LogP contribution in [0.2, 0.25) is 0 Å². The van der Waals surface area contributed by atoms with E-state index in [4.69, 9.17) is 0 Å². The lowest BCUT2D eigenvalue weighted by molar-refractivity contribution is -0.130. The highest BCUT2D eigenvalue weighted by molar-refractivity contribution is 5.76. The van der Waals surface area contributed by atoms with Crippen molar-refractivity contribution in [2.45, 2.75) is 52.0 Å². The maximum atomic E-state index is 11.9. The van der Waals surface area contributed by atoms with E-state index >= 15 is 0 Å². The second kappa shape index (κ2) is 7.08. The van der Waals surface area contributed by atoms with E-state index in [1.807, 2.05) is 4.90 Å². The highest BCUT2D eigenvalue weighted by Crippen LogP contribution is 2.22. The molecule has 1 aliphatic heterocycles. The van der Waals surface area contributed by atoms with E-state index < -0.39 is 0 Å². The van der Waals surface area contributed by atoms with E-state index in [1.165, 1.54) is 24.0 Å². The van der Waals surface area contributed by atoms with Gasteiger partial charge in [0.2, 0.25) is 5.91 Å². The summed E-state index contributed by atoms with van der Waals surface area (Å²) in [7, 11) is 0. The lowest BCUT2D eigenvalue weighted by atomic mass is 9.87. The molecule has 0 aliphatic carbocycles. The van der Waals surface area contributed by atoms with E-state index in [0.29, 0.717) is 12.3 Å². The Morgan fingerprint density at radius 1 is 1.14 bits per heavy atom. The molecule has 1 aliphatic rings. The van der Waals surface area contributed by atoms with Crippen LogP contribution in [-0.2, 0) is 16.8 Å². The molecule has 116 valence electrons. The first-order chi connectivity index (χ1) is 9.97. The monoisotopic (exact) mass is 288 g/mol. The molecular formula is C18H28N2O. The minimum Gasteiger partial charge on any atom is -0.343 e. The van der Waals surface area contributed by atoms with Crippen LogP contribution in [0.5, 0.6) is 0 Å². The molecule has 3 nitrogen and oxygen atoms in total. The fourth-order valence-electron chi connectivity index (χ4n) is 2.68. The Kier molecular flexibility index (Phi) is 5.40. The Bertz CT molecular complexity index is 453. The van der Waals surface area contributed by atoms with Crippen molar-refractivity contribution >= 4 is 5.91 Å². The summed E-state index contributed by atoms with van der Waals surface area (Å²) in [5, 5.41) is 3.37. The topological polar surface area (TPSA) is 32.3 Å². The maximum absolute atomic E-state index is 11.9. The molecule has 21 heavy (non-hydrogen) atoms.